The predicted octanol–water partition coefficient (Wildman–Crippen LogP) is -2.52. The van der Waals surface area contributed by atoms with Crippen LogP contribution in [0.1, 0.15) is 13.8 Å². The molecular formula is C8H15N3O11S. The van der Waals surface area contributed by atoms with Crippen LogP contribution in [-0.4, -0.2) is 74.7 Å². The van der Waals surface area contributed by atoms with Crippen LogP contribution in [0.15, 0.2) is 0 Å². The largest absolute Gasteiger partial charge is 0.480 e. The highest BCUT2D eigenvalue weighted by Gasteiger charge is 2.42. The molecule has 0 amide bonds. The number of carbonyl (C=O) groups is 2. The molecule has 4 unspecified atom stereocenters. The molecule has 0 rings (SSSR count). The first-order valence-electron chi connectivity index (χ1n) is 5.77. The molecule has 0 saturated carbocycles. The first kappa shape index (κ1) is 20.9. The van der Waals surface area contributed by atoms with E-state index in [1.54, 1.807) is 5.43 Å². The van der Waals surface area contributed by atoms with Crippen LogP contribution in [0.4, 0.5) is 0 Å². The number of carboxylic acid groups (broad SMARTS) is 2. The van der Waals surface area contributed by atoms with E-state index in [0.717, 1.165) is 13.8 Å². The summed E-state index contributed by atoms with van der Waals surface area (Å²) in [6.07, 6.45) is -3.65. The van der Waals surface area contributed by atoms with Crippen LogP contribution in [0.3, 0.4) is 0 Å². The van der Waals surface area contributed by atoms with Gasteiger partial charge in [0.1, 0.15) is 6.10 Å². The normalized spacial score (nSPS) is 16.9. The fourth-order valence-corrected chi connectivity index (χ4v) is 1.99. The Kier molecular flexibility index (Phi) is 7.25. The molecule has 0 saturated heterocycles. The van der Waals surface area contributed by atoms with Gasteiger partial charge in [-0.25, -0.2) is 19.1 Å². The van der Waals surface area contributed by atoms with Gasteiger partial charge in [-0.2, -0.15) is 13.8 Å². The summed E-state index contributed by atoms with van der Waals surface area (Å²) in [6, 6.07) is -4.33. The SMILES string of the molecule is CC(O)C(C(=O)O)N(NC(C(=O)O)C(C)OS(=O)(=O)O)[N+](=O)[O-]. The minimum Gasteiger partial charge on any atom is -0.480 e. The molecule has 5 N–H and O–H groups in total. The van der Waals surface area contributed by atoms with Gasteiger partial charge >= 0.3 is 22.3 Å². The molecule has 15 heteroatoms. The number of aliphatic hydroxyl groups excluding tert-OH is 1. The second-order valence-electron chi connectivity index (χ2n) is 4.28. The lowest BCUT2D eigenvalue weighted by Gasteiger charge is -2.27. The third-order valence-corrected chi connectivity index (χ3v) is 2.98. The molecule has 0 bridgehead atoms. The van der Waals surface area contributed by atoms with Gasteiger partial charge in [-0.1, -0.05) is 0 Å². The van der Waals surface area contributed by atoms with Gasteiger partial charge in [0, 0.05) is 0 Å². The molecule has 0 aromatic carbocycles. The molecular weight excluding hydrogens is 346 g/mol. The number of nitrogens with zero attached hydrogens (tertiary/aromatic N) is 2. The lowest BCUT2D eigenvalue weighted by molar-refractivity contribution is -0.679. The van der Waals surface area contributed by atoms with Crippen molar-refractivity contribution in [2.45, 2.75) is 38.1 Å². The van der Waals surface area contributed by atoms with E-state index >= 15 is 0 Å². The van der Waals surface area contributed by atoms with E-state index in [9.17, 15) is 33.2 Å². The Morgan fingerprint density at radius 3 is 2.00 bits per heavy atom. The van der Waals surface area contributed by atoms with Crippen molar-refractivity contribution in [3.05, 3.63) is 10.1 Å². The molecule has 0 aromatic heterocycles. The lowest BCUT2D eigenvalue weighted by atomic mass is 10.2. The number of carboxylic acids is 2. The molecule has 0 aliphatic carbocycles. The number of rotatable bonds is 10. The molecule has 0 aliphatic rings. The van der Waals surface area contributed by atoms with E-state index in [-0.39, 0.29) is 5.12 Å². The molecule has 0 spiro atoms. The highest BCUT2D eigenvalue weighted by molar-refractivity contribution is 7.80. The van der Waals surface area contributed by atoms with Gasteiger partial charge in [0.05, 0.1) is 6.10 Å². The molecule has 4 atom stereocenters. The van der Waals surface area contributed by atoms with Crippen LogP contribution in [0, 0.1) is 10.1 Å². The van der Waals surface area contributed by atoms with E-state index in [2.05, 4.69) is 4.18 Å². The Balaban J connectivity index is 5.53. The summed E-state index contributed by atoms with van der Waals surface area (Å²) in [7, 11) is -5.07. The fourth-order valence-electron chi connectivity index (χ4n) is 1.50. The second-order valence-corrected chi connectivity index (χ2v) is 5.33. The minimum absolute atomic E-state index is 0.310. The zero-order valence-electron chi connectivity index (χ0n) is 11.8. The quantitative estimate of drug-likeness (QED) is 0.154. The predicted molar refractivity (Wildman–Crippen MR) is 68.6 cm³/mol. The maximum Gasteiger partial charge on any atom is 0.397 e. The van der Waals surface area contributed by atoms with E-state index in [1.807, 2.05) is 0 Å². The monoisotopic (exact) mass is 361 g/mol. The number of hydrazine groups is 2. The summed E-state index contributed by atoms with van der Waals surface area (Å²) in [6.45, 7) is 1.75. The minimum atomic E-state index is -5.07. The Hall–Kier alpha value is -2.07. The topological polar surface area (TPSA) is 217 Å². The van der Waals surface area contributed by atoms with Crippen molar-refractivity contribution in [2.24, 2.45) is 0 Å². The first-order valence-corrected chi connectivity index (χ1v) is 7.13. The van der Waals surface area contributed by atoms with Gasteiger partial charge in [-0.3, -0.25) is 9.35 Å². The lowest BCUT2D eigenvalue weighted by Crippen LogP contribution is -2.63. The number of hydrogen-bond acceptors (Lipinski definition) is 9. The summed E-state index contributed by atoms with van der Waals surface area (Å²) in [5.41, 5.74) is 1.63. The van der Waals surface area contributed by atoms with E-state index in [1.165, 1.54) is 0 Å². The van der Waals surface area contributed by atoms with Crippen molar-refractivity contribution in [3.8, 4) is 0 Å². The third kappa shape index (κ3) is 6.70. The maximum absolute atomic E-state index is 11.1. The van der Waals surface area contributed by atoms with Crippen molar-refractivity contribution in [2.75, 3.05) is 0 Å². The van der Waals surface area contributed by atoms with E-state index in [4.69, 9.17) is 14.8 Å². The maximum atomic E-state index is 11.1. The summed E-state index contributed by atoms with van der Waals surface area (Å²) in [4.78, 5) is 33.0. The summed E-state index contributed by atoms with van der Waals surface area (Å²) in [5.74, 6) is -3.69. The first-order chi connectivity index (χ1) is 10.3. The van der Waals surface area contributed by atoms with Gasteiger partial charge in [-0.05, 0) is 19.0 Å². The highest BCUT2D eigenvalue weighted by Crippen LogP contribution is 2.09. The number of hydrogen-bond donors (Lipinski definition) is 5. The van der Waals surface area contributed by atoms with Crippen molar-refractivity contribution in [3.63, 3.8) is 0 Å². The summed E-state index contributed by atoms with van der Waals surface area (Å²) < 4.78 is 33.6. The summed E-state index contributed by atoms with van der Waals surface area (Å²) in [5, 5.41) is 36.4. The zero-order chi connectivity index (χ0) is 18.5. The smallest absolute Gasteiger partial charge is 0.397 e. The van der Waals surface area contributed by atoms with Gasteiger partial charge in [0.15, 0.2) is 11.1 Å². The highest BCUT2D eigenvalue weighted by atomic mass is 32.3. The van der Waals surface area contributed by atoms with E-state index in [0.29, 0.717) is 0 Å². The fraction of sp³-hybridized carbons (Fsp3) is 0.750. The molecule has 14 nitrogen and oxygen atoms in total. The van der Waals surface area contributed by atoms with Crippen LogP contribution < -0.4 is 5.43 Å². The molecule has 0 aliphatic heterocycles. The van der Waals surface area contributed by atoms with Gasteiger partial charge in [-0.15, -0.1) is 0 Å². The Morgan fingerprint density at radius 2 is 1.74 bits per heavy atom. The third-order valence-electron chi connectivity index (χ3n) is 2.43. The Bertz CT molecular complexity index is 562. The molecule has 134 valence electrons. The molecule has 23 heavy (non-hydrogen) atoms. The Labute approximate surface area is 129 Å². The van der Waals surface area contributed by atoms with Crippen molar-refractivity contribution < 1.29 is 47.1 Å². The van der Waals surface area contributed by atoms with Crippen LogP contribution in [0.5, 0.6) is 0 Å². The summed E-state index contributed by atoms with van der Waals surface area (Å²) >= 11 is 0. The molecule has 0 aromatic rings. The average molecular weight is 361 g/mol. The van der Waals surface area contributed by atoms with Crippen molar-refractivity contribution in [1.82, 2.24) is 10.5 Å². The molecule has 0 fully saturated rings. The average Bonchev–Trinajstić information content (AvgIpc) is 2.29. The van der Waals surface area contributed by atoms with Crippen LogP contribution in [0.25, 0.3) is 0 Å². The van der Waals surface area contributed by atoms with Crippen LogP contribution in [-0.2, 0) is 24.2 Å². The second kappa shape index (κ2) is 7.97. The molecule has 0 heterocycles. The van der Waals surface area contributed by atoms with Gasteiger partial charge in [0.25, 0.3) is 0 Å². The number of aliphatic hydroxyl groups is 1. The number of nitro groups is 1. The van der Waals surface area contributed by atoms with Gasteiger partial charge < -0.3 is 15.3 Å². The van der Waals surface area contributed by atoms with Gasteiger partial charge in [0.2, 0.25) is 6.04 Å². The van der Waals surface area contributed by atoms with Crippen LogP contribution in [0.2, 0.25) is 0 Å². The zero-order valence-corrected chi connectivity index (χ0v) is 12.6. The van der Waals surface area contributed by atoms with Crippen LogP contribution >= 0.6 is 0 Å². The molecule has 0 radical (unpaired) electrons. The van der Waals surface area contributed by atoms with E-state index < -0.39 is 51.7 Å². The Morgan fingerprint density at radius 1 is 1.26 bits per heavy atom. The number of aliphatic carboxylic acids is 2. The number of nitrogens with one attached hydrogen (secondary N) is 1. The van der Waals surface area contributed by atoms with Crippen molar-refractivity contribution >= 4 is 22.3 Å². The van der Waals surface area contributed by atoms with Crippen molar-refractivity contribution in [1.29, 1.82) is 0 Å². The standard InChI is InChI=1S/C8H15N3O11S/c1-3(12)6(8(15)16)10(11(17)18)9-5(7(13)14)4(2)22-23(19,20)21/h3-6,9,12H,1-2H3,(H,13,14)(H,15,16)(H,19,20,21).